The first-order valence-electron chi connectivity index (χ1n) is 13.3. The highest BCUT2D eigenvalue weighted by atomic mass is 35.5. The third-order valence-corrected chi connectivity index (χ3v) is 7.22. The predicted molar refractivity (Wildman–Crippen MR) is 152 cm³/mol. The number of benzene rings is 2. The Morgan fingerprint density at radius 3 is 2.62 bits per heavy atom. The number of hydrogen-bond donors (Lipinski definition) is 1. The third kappa shape index (κ3) is 7.99. The summed E-state index contributed by atoms with van der Waals surface area (Å²) in [4.78, 5) is 34.9. The lowest BCUT2D eigenvalue weighted by atomic mass is 10.1. The van der Waals surface area contributed by atoms with Crippen molar-refractivity contribution in [3.8, 4) is 11.6 Å². The maximum Gasteiger partial charge on any atom is 0.416 e. The lowest BCUT2D eigenvalue weighted by molar-refractivity contribution is -0.137. The lowest BCUT2D eigenvalue weighted by Crippen LogP contribution is -2.51. The molecule has 0 radical (unpaired) electrons. The zero-order valence-electron chi connectivity index (χ0n) is 23.5. The molecule has 1 saturated heterocycles. The van der Waals surface area contributed by atoms with Crippen LogP contribution in [0, 0.1) is 6.92 Å². The number of carbonyl (C=O) groups excluding carboxylic acids is 2. The number of halogens is 4. The minimum Gasteiger partial charge on any atom is -0.437 e. The van der Waals surface area contributed by atoms with Gasteiger partial charge in [-0.05, 0) is 63.3 Å². The molecule has 12 heteroatoms. The minimum atomic E-state index is -4.58. The Hall–Kier alpha value is -3.67. The van der Waals surface area contributed by atoms with Gasteiger partial charge in [-0.2, -0.15) is 13.2 Å². The van der Waals surface area contributed by atoms with E-state index in [1.165, 1.54) is 18.3 Å². The molecular formula is C30H32ClF3N4O4. The van der Waals surface area contributed by atoms with E-state index in [0.717, 1.165) is 35.7 Å². The number of aromatic nitrogens is 1. The summed E-state index contributed by atoms with van der Waals surface area (Å²) in [6.07, 6.45) is -2.41. The molecule has 2 aromatic carbocycles. The molecule has 0 bridgehead atoms. The van der Waals surface area contributed by atoms with Gasteiger partial charge >= 0.3 is 6.18 Å². The number of aryl methyl sites for hydroxylation is 1. The van der Waals surface area contributed by atoms with Crippen molar-refractivity contribution in [1.82, 2.24) is 20.1 Å². The van der Waals surface area contributed by atoms with Gasteiger partial charge in [-0.1, -0.05) is 41.4 Å². The van der Waals surface area contributed by atoms with Gasteiger partial charge in [-0.3, -0.25) is 9.59 Å². The van der Waals surface area contributed by atoms with Gasteiger partial charge in [0.25, 0.3) is 5.91 Å². The molecule has 42 heavy (non-hydrogen) atoms. The van der Waals surface area contributed by atoms with E-state index in [9.17, 15) is 22.8 Å². The van der Waals surface area contributed by atoms with Crippen molar-refractivity contribution >= 4 is 23.4 Å². The zero-order chi connectivity index (χ0) is 30.4. The monoisotopic (exact) mass is 604 g/mol. The SMILES string of the molecule is Cc1cccc(COC[C@@H](NC(=O)c2cccnc2Oc2ccc(C(F)(F)F)cc2Cl)C(=O)N2CC[C@@H](N(C)C)C2)c1. The molecular weight excluding hydrogens is 573 g/mol. The first-order chi connectivity index (χ1) is 19.9. The molecule has 1 aliphatic rings. The van der Waals surface area contributed by atoms with E-state index in [1.807, 2.05) is 45.3 Å². The van der Waals surface area contributed by atoms with E-state index in [0.29, 0.717) is 13.1 Å². The predicted octanol–water partition coefficient (Wildman–Crippen LogP) is 5.33. The number of amides is 2. The fourth-order valence-corrected chi connectivity index (χ4v) is 4.82. The number of carbonyl (C=O) groups is 2. The molecule has 1 aromatic heterocycles. The smallest absolute Gasteiger partial charge is 0.416 e. The summed E-state index contributed by atoms with van der Waals surface area (Å²) in [7, 11) is 3.91. The van der Waals surface area contributed by atoms with E-state index in [-0.39, 0.29) is 47.4 Å². The van der Waals surface area contributed by atoms with Crippen LogP contribution in [0.3, 0.4) is 0 Å². The number of hydrogen-bond acceptors (Lipinski definition) is 6. The van der Waals surface area contributed by atoms with Gasteiger partial charge in [0.1, 0.15) is 17.4 Å². The first kappa shape index (κ1) is 31.3. The van der Waals surface area contributed by atoms with Crippen LogP contribution in [0.2, 0.25) is 5.02 Å². The molecule has 2 atom stereocenters. The number of likely N-dealkylation sites (N-methyl/N-ethyl adjacent to an activating group) is 1. The van der Waals surface area contributed by atoms with Crippen molar-refractivity contribution in [2.24, 2.45) is 0 Å². The molecule has 8 nitrogen and oxygen atoms in total. The molecule has 1 N–H and O–H groups in total. The van der Waals surface area contributed by atoms with Crippen molar-refractivity contribution in [2.45, 2.75) is 38.2 Å². The van der Waals surface area contributed by atoms with E-state index in [2.05, 4.69) is 15.2 Å². The van der Waals surface area contributed by atoms with Gasteiger partial charge in [0.05, 0.1) is 23.8 Å². The highest BCUT2D eigenvalue weighted by molar-refractivity contribution is 6.32. The fraction of sp³-hybridized carbons (Fsp3) is 0.367. The molecule has 0 spiro atoms. The van der Waals surface area contributed by atoms with Crippen LogP contribution in [-0.2, 0) is 22.3 Å². The van der Waals surface area contributed by atoms with Crippen LogP contribution < -0.4 is 10.1 Å². The summed E-state index contributed by atoms with van der Waals surface area (Å²) < 4.78 is 50.7. The van der Waals surface area contributed by atoms with Crippen molar-refractivity contribution in [3.05, 3.63) is 88.1 Å². The second-order valence-corrected chi connectivity index (χ2v) is 10.7. The quantitative estimate of drug-likeness (QED) is 0.337. The normalized spacial score (nSPS) is 16.0. The largest absolute Gasteiger partial charge is 0.437 e. The average Bonchev–Trinajstić information content (AvgIpc) is 3.44. The molecule has 224 valence electrons. The molecule has 4 rings (SSSR count). The Kier molecular flexibility index (Phi) is 10.1. The van der Waals surface area contributed by atoms with Crippen LogP contribution in [0.4, 0.5) is 13.2 Å². The summed E-state index contributed by atoms with van der Waals surface area (Å²) in [5.41, 5.74) is 1.03. The van der Waals surface area contributed by atoms with Crippen LogP contribution in [0.15, 0.2) is 60.8 Å². The van der Waals surface area contributed by atoms with Gasteiger partial charge in [-0.25, -0.2) is 4.98 Å². The number of nitrogens with zero attached hydrogens (tertiary/aromatic N) is 3. The molecule has 2 heterocycles. The summed E-state index contributed by atoms with van der Waals surface area (Å²) in [5, 5.41) is 2.45. The Balaban J connectivity index is 1.52. The Morgan fingerprint density at radius 2 is 1.95 bits per heavy atom. The van der Waals surface area contributed by atoms with Crippen LogP contribution in [-0.4, -0.2) is 72.5 Å². The molecule has 3 aromatic rings. The molecule has 2 amide bonds. The number of rotatable bonds is 10. The molecule has 0 saturated carbocycles. The van der Waals surface area contributed by atoms with Crippen molar-refractivity contribution in [3.63, 3.8) is 0 Å². The standard InChI is InChI=1S/C30H32ClF3N4O4/c1-19-6-4-7-20(14-19)17-41-18-25(29(40)38-13-11-22(16-38)37(2)3)36-27(39)23-8-5-12-35-28(23)42-26-10-9-21(15-24(26)31)30(32,33)34/h4-10,12,14-15,22,25H,11,13,16-18H2,1-3H3,(H,36,39)/t22-,25-/m1/s1. The number of alkyl halides is 3. The van der Waals surface area contributed by atoms with Crippen LogP contribution in [0.1, 0.15) is 33.5 Å². The zero-order valence-corrected chi connectivity index (χ0v) is 24.2. The summed E-state index contributed by atoms with van der Waals surface area (Å²) in [6.45, 7) is 3.19. The molecule has 1 aliphatic heterocycles. The average molecular weight is 605 g/mol. The van der Waals surface area contributed by atoms with Gasteiger partial charge in [0, 0.05) is 25.3 Å². The van der Waals surface area contributed by atoms with Crippen molar-refractivity contribution in [1.29, 1.82) is 0 Å². The Morgan fingerprint density at radius 1 is 1.17 bits per heavy atom. The second-order valence-electron chi connectivity index (χ2n) is 10.3. The van der Waals surface area contributed by atoms with Gasteiger partial charge in [0.15, 0.2) is 0 Å². The number of pyridine rings is 1. The van der Waals surface area contributed by atoms with Crippen LogP contribution >= 0.6 is 11.6 Å². The van der Waals surface area contributed by atoms with E-state index in [4.69, 9.17) is 21.1 Å². The Labute approximate surface area is 247 Å². The summed E-state index contributed by atoms with van der Waals surface area (Å²) in [6, 6.07) is 12.5. The van der Waals surface area contributed by atoms with Crippen molar-refractivity contribution < 1.29 is 32.2 Å². The lowest BCUT2D eigenvalue weighted by Gasteiger charge is -2.25. The second kappa shape index (κ2) is 13.5. The topological polar surface area (TPSA) is 84.0 Å². The Bertz CT molecular complexity index is 1420. The van der Waals surface area contributed by atoms with Crippen LogP contribution in [0.25, 0.3) is 0 Å². The maximum absolute atomic E-state index is 13.6. The third-order valence-electron chi connectivity index (χ3n) is 6.93. The number of likely N-dealkylation sites (tertiary alicyclic amines) is 1. The maximum atomic E-state index is 13.6. The minimum absolute atomic E-state index is 0.0301. The van der Waals surface area contributed by atoms with Gasteiger partial charge in [-0.15, -0.1) is 0 Å². The fourth-order valence-electron chi connectivity index (χ4n) is 4.60. The highest BCUT2D eigenvalue weighted by Gasteiger charge is 2.34. The van der Waals surface area contributed by atoms with Crippen molar-refractivity contribution in [2.75, 3.05) is 33.8 Å². The number of ether oxygens (including phenoxy) is 2. The van der Waals surface area contributed by atoms with E-state index < -0.39 is 23.7 Å². The highest BCUT2D eigenvalue weighted by Crippen LogP contribution is 2.36. The summed E-state index contributed by atoms with van der Waals surface area (Å²) in [5.74, 6) is -1.24. The van der Waals surface area contributed by atoms with Gasteiger partial charge in [0.2, 0.25) is 11.8 Å². The van der Waals surface area contributed by atoms with E-state index in [1.54, 1.807) is 4.90 Å². The molecule has 0 unspecified atom stereocenters. The molecule has 1 fully saturated rings. The summed E-state index contributed by atoms with van der Waals surface area (Å²) >= 11 is 6.04. The molecule has 0 aliphatic carbocycles. The van der Waals surface area contributed by atoms with Crippen LogP contribution in [0.5, 0.6) is 11.6 Å². The first-order valence-corrected chi connectivity index (χ1v) is 13.7. The van der Waals surface area contributed by atoms with Gasteiger partial charge < -0.3 is 24.6 Å². The van der Waals surface area contributed by atoms with E-state index >= 15 is 0 Å². The number of nitrogens with one attached hydrogen (secondary N) is 1.